The molecule has 0 aliphatic carbocycles. The first-order valence-electron chi connectivity index (χ1n) is 3.89. The fraction of sp³-hybridized carbons (Fsp3) is 0.400. The van der Waals surface area contributed by atoms with Gasteiger partial charge in [0.1, 0.15) is 12.4 Å². The largest absolute Gasteiger partial charge is 0.496 e. The normalized spacial score (nSPS) is 10.0. The van der Waals surface area contributed by atoms with Crippen molar-refractivity contribution in [2.45, 2.75) is 20.5 Å². The Morgan fingerprint density at radius 2 is 2.00 bits per heavy atom. The van der Waals surface area contributed by atoms with Crippen LogP contribution in [0.5, 0.6) is 5.75 Å². The topological polar surface area (TPSA) is 9.23 Å². The van der Waals surface area contributed by atoms with Gasteiger partial charge in [-0.15, -0.1) is 0 Å². The number of aryl methyl sites for hydroxylation is 2. The molecule has 0 saturated carbocycles. The molecule has 0 spiro atoms. The van der Waals surface area contributed by atoms with Crippen molar-refractivity contribution in [3.05, 3.63) is 28.8 Å². The lowest BCUT2D eigenvalue weighted by Gasteiger charge is -2.09. The average Bonchev–Trinajstić information content (AvgIpc) is 2.03. The predicted octanol–water partition coefficient (Wildman–Crippen LogP) is 2.78. The highest BCUT2D eigenvalue weighted by Crippen LogP contribution is 2.25. The minimum absolute atomic E-state index is 0.467. The molecule has 0 heterocycles. The molecule has 1 aromatic rings. The van der Waals surface area contributed by atoms with Gasteiger partial charge in [-0.2, -0.15) is 0 Å². The number of ether oxygens (including phenoxy) is 1. The van der Waals surface area contributed by atoms with Crippen molar-refractivity contribution in [3.8, 4) is 5.75 Å². The van der Waals surface area contributed by atoms with Gasteiger partial charge in [-0.25, -0.2) is 4.39 Å². The van der Waals surface area contributed by atoms with Crippen molar-refractivity contribution < 1.29 is 9.13 Å². The number of rotatable bonds is 2. The van der Waals surface area contributed by atoms with Crippen LogP contribution in [0.1, 0.15) is 16.7 Å². The minimum atomic E-state index is -0.467. The van der Waals surface area contributed by atoms with Gasteiger partial charge in [0.05, 0.1) is 7.11 Å². The second-order valence-corrected chi connectivity index (χ2v) is 2.91. The van der Waals surface area contributed by atoms with Gasteiger partial charge in [-0.3, -0.25) is 0 Å². The monoisotopic (exact) mass is 168 g/mol. The maximum atomic E-state index is 12.5. The van der Waals surface area contributed by atoms with Gasteiger partial charge in [-0.1, -0.05) is 11.6 Å². The Hall–Kier alpha value is -1.05. The van der Waals surface area contributed by atoms with Crippen LogP contribution in [0, 0.1) is 13.8 Å². The maximum Gasteiger partial charge on any atom is 0.127 e. The van der Waals surface area contributed by atoms with Crippen LogP contribution in [0.4, 0.5) is 4.39 Å². The lowest BCUT2D eigenvalue weighted by Crippen LogP contribution is -1.94. The zero-order valence-electron chi connectivity index (χ0n) is 7.65. The van der Waals surface area contributed by atoms with Crippen molar-refractivity contribution in [3.63, 3.8) is 0 Å². The molecule has 0 aliphatic rings. The lowest BCUT2D eigenvalue weighted by atomic mass is 10.1. The van der Waals surface area contributed by atoms with Crippen LogP contribution < -0.4 is 4.74 Å². The molecule has 0 N–H and O–H groups in total. The molecule has 0 unspecified atom stereocenters. The van der Waals surface area contributed by atoms with E-state index in [1.54, 1.807) is 7.11 Å². The Bertz CT molecular complexity index is 281. The van der Waals surface area contributed by atoms with Crippen molar-refractivity contribution in [1.29, 1.82) is 0 Å². The molecule has 0 atom stereocenters. The molecule has 1 nitrogen and oxygen atoms in total. The van der Waals surface area contributed by atoms with Crippen molar-refractivity contribution in [2.24, 2.45) is 0 Å². The van der Waals surface area contributed by atoms with Gasteiger partial charge in [0.15, 0.2) is 0 Å². The highest BCUT2D eigenvalue weighted by Gasteiger charge is 2.06. The van der Waals surface area contributed by atoms with E-state index < -0.39 is 6.67 Å². The Balaban J connectivity index is 3.24. The molecule has 1 aromatic carbocycles. The number of benzene rings is 1. The zero-order chi connectivity index (χ0) is 9.14. The van der Waals surface area contributed by atoms with Crippen LogP contribution in [0.25, 0.3) is 0 Å². The molecule has 0 radical (unpaired) electrons. The molecule has 0 aromatic heterocycles. The average molecular weight is 168 g/mol. The van der Waals surface area contributed by atoms with Gasteiger partial charge < -0.3 is 4.74 Å². The van der Waals surface area contributed by atoms with Gasteiger partial charge >= 0.3 is 0 Å². The van der Waals surface area contributed by atoms with Gasteiger partial charge in [-0.05, 0) is 25.5 Å². The Labute approximate surface area is 72.2 Å². The summed E-state index contributed by atoms with van der Waals surface area (Å²) < 4.78 is 17.5. The van der Waals surface area contributed by atoms with E-state index in [-0.39, 0.29) is 0 Å². The van der Waals surface area contributed by atoms with E-state index in [1.165, 1.54) is 0 Å². The fourth-order valence-corrected chi connectivity index (χ4v) is 1.43. The quantitative estimate of drug-likeness (QED) is 0.659. The van der Waals surface area contributed by atoms with E-state index in [2.05, 4.69) is 0 Å². The molecule has 0 saturated heterocycles. The third-order valence-corrected chi connectivity index (χ3v) is 1.84. The van der Waals surface area contributed by atoms with Crippen LogP contribution in [-0.2, 0) is 6.67 Å². The number of hydrogen-bond acceptors (Lipinski definition) is 1. The first-order valence-corrected chi connectivity index (χ1v) is 3.89. The van der Waals surface area contributed by atoms with E-state index in [9.17, 15) is 4.39 Å². The summed E-state index contributed by atoms with van der Waals surface area (Å²) >= 11 is 0. The molecular weight excluding hydrogens is 155 g/mol. The van der Waals surface area contributed by atoms with Gasteiger partial charge in [0.2, 0.25) is 0 Å². The molecule has 0 aliphatic heterocycles. The van der Waals surface area contributed by atoms with Crippen LogP contribution in [-0.4, -0.2) is 7.11 Å². The number of hydrogen-bond donors (Lipinski definition) is 0. The molecule has 2 heteroatoms. The second kappa shape index (κ2) is 3.57. The Kier molecular flexibility index (Phi) is 2.69. The van der Waals surface area contributed by atoms with E-state index in [4.69, 9.17) is 4.74 Å². The summed E-state index contributed by atoms with van der Waals surface area (Å²) in [6.45, 7) is 3.41. The zero-order valence-corrected chi connectivity index (χ0v) is 7.65. The van der Waals surface area contributed by atoms with Crippen LogP contribution in [0.3, 0.4) is 0 Å². The molecule has 1 rings (SSSR count). The number of halogens is 1. The smallest absolute Gasteiger partial charge is 0.127 e. The first kappa shape index (κ1) is 9.04. The van der Waals surface area contributed by atoms with Crippen molar-refractivity contribution in [1.82, 2.24) is 0 Å². The van der Waals surface area contributed by atoms with E-state index in [1.807, 2.05) is 26.0 Å². The van der Waals surface area contributed by atoms with E-state index in [0.29, 0.717) is 11.3 Å². The molecular formula is C10H13FO. The van der Waals surface area contributed by atoms with Crippen LogP contribution in [0.15, 0.2) is 12.1 Å². The third kappa shape index (κ3) is 1.58. The Morgan fingerprint density at radius 3 is 2.50 bits per heavy atom. The highest BCUT2D eigenvalue weighted by molar-refractivity contribution is 5.43. The maximum absolute atomic E-state index is 12.5. The third-order valence-electron chi connectivity index (χ3n) is 1.84. The molecule has 0 bridgehead atoms. The number of methoxy groups -OCH3 is 1. The summed E-state index contributed by atoms with van der Waals surface area (Å²) in [6.07, 6.45) is 0. The molecule has 0 fully saturated rings. The van der Waals surface area contributed by atoms with Gasteiger partial charge in [0, 0.05) is 5.56 Å². The van der Waals surface area contributed by atoms with Crippen molar-refractivity contribution in [2.75, 3.05) is 7.11 Å². The second-order valence-electron chi connectivity index (χ2n) is 2.91. The molecule has 12 heavy (non-hydrogen) atoms. The predicted molar refractivity (Wildman–Crippen MR) is 47.3 cm³/mol. The summed E-state index contributed by atoms with van der Waals surface area (Å²) in [6, 6.07) is 3.80. The minimum Gasteiger partial charge on any atom is -0.496 e. The SMILES string of the molecule is COc1c(C)cc(C)cc1CF. The van der Waals surface area contributed by atoms with E-state index in [0.717, 1.165) is 11.1 Å². The summed E-state index contributed by atoms with van der Waals surface area (Å²) in [5, 5.41) is 0. The summed E-state index contributed by atoms with van der Waals surface area (Å²) in [7, 11) is 1.57. The first-order chi connectivity index (χ1) is 5.69. The van der Waals surface area contributed by atoms with Gasteiger partial charge in [0.25, 0.3) is 0 Å². The van der Waals surface area contributed by atoms with Crippen molar-refractivity contribution >= 4 is 0 Å². The van der Waals surface area contributed by atoms with E-state index >= 15 is 0 Å². The highest BCUT2D eigenvalue weighted by atomic mass is 19.1. The summed E-state index contributed by atoms with van der Waals surface area (Å²) in [4.78, 5) is 0. The standard InChI is InChI=1S/C10H13FO/c1-7-4-8(2)10(12-3)9(5-7)6-11/h4-5H,6H2,1-3H3. The summed E-state index contributed by atoms with van der Waals surface area (Å²) in [5.74, 6) is 0.670. The Morgan fingerprint density at radius 1 is 1.33 bits per heavy atom. The van der Waals surface area contributed by atoms with Crippen LogP contribution in [0.2, 0.25) is 0 Å². The number of alkyl halides is 1. The molecule has 0 amide bonds. The lowest BCUT2D eigenvalue weighted by molar-refractivity contribution is 0.391. The molecule has 66 valence electrons. The fourth-order valence-electron chi connectivity index (χ4n) is 1.43. The summed E-state index contributed by atoms with van der Waals surface area (Å²) in [5.41, 5.74) is 2.70. The van der Waals surface area contributed by atoms with Crippen LogP contribution >= 0.6 is 0 Å².